The topological polar surface area (TPSA) is 72.3 Å². The summed E-state index contributed by atoms with van der Waals surface area (Å²) in [4.78, 5) is 13.3. The van der Waals surface area contributed by atoms with Crippen LogP contribution < -0.4 is 16.4 Å². The van der Waals surface area contributed by atoms with Gasteiger partial charge in [-0.1, -0.05) is 6.07 Å². The number of primary amides is 1. The van der Waals surface area contributed by atoms with Crippen LogP contribution in [0.15, 0.2) is 42.5 Å². The van der Waals surface area contributed by atoms with Crippen LogP contribution in [0.4, 0.5) is 21.5 Å². The smallest absolute Gasteiger partial charge is 0.250 e. The minimum Gasteiger partial charge on any atom is -0.399 e. The van der Waals surface area contributed by atoms with Crippen molar-refractivity contribution in [3.05, 3.63) is 53.8 Å². The monoisotopic (exact) mass is 273 g/mol. The molecule has 0 spiro atoms. The van der Waals surface area contributed by atoms with Crippen molar-refractivity contribution in [2.75, 3.05) is 17.2 Å². The Kier molecular flexibility index (Phi) is 3.89. The summed E-state index contributed by atoms with van der Waals surface area (Å²) in [7, 11) is 0. The fraction of sp³-hybridized carbons (Fsp3) is 0.133. The molecule has 0 atom stereocenters. The molecule has 2 aromatic carbocycles. The highest BCUT2D eigenvalue weighted by molar-refractivity contribution is 6.00. The molecule has 1 amide bonds. The first-order chi connectivity index (χ1) is 9.52. The number of hydrogen-bond donors (Lipinski definition) is 2. The van der Waals surface area contributed by atoms with Crippen LogP contribution >= 0.6 is 0 Å². The van der Waals surface area contributed by atoms with Gasteiger partial charge in [-0.05, 0) is 43.3 Å². The van der Waals surface area contributed by atoms with Crippen LogP contribution in [0.1, 0.15) is 17.3 Å². The Labute approximate surface area is 116 Å². The highest BCUT2D eigenvalue weighted by Crippen LogP contribution is 2.30. The number of nitrogens with two attached hydrogens (primary N) is 2. The van der Waals surface area contributed by atoms with Crippen LogP contribution in [0.25, 0.3) is 0 Å². The first-order valence-corrected chi connectivity index (χ1v) is 6.25. The van der Waals surface area contributed by atoms with Gasteiger partial charge in [-0.25, -0.2) is 4.39 Å². The normalized spacial score (nSPS) is 10.3. The molecule has 0 saturated heterocycles. The number of carbonyl (C=O) groups is 1. The summed E-state index contributed by atoms with van der Waals surface area (Å²) >= 11 is 0. The van der Waals surface area contributed by atoms with Crippen LogP contribution in [0.5, 0.6) is 0 Å². The molecule has 2 aromatic rings. The summed E-state index contributed by atoms with van der Waals surface area (Å²) in [6, 6.07) is 11.0. The van der Waals surface area contributed by atoms with E-state index in [0.29, 0.717) is 29.2 Å². The predicted octanol–water partition coefficient (Wildman–Crippen LogP) is 2.66. The molecule has 5 heteroatoms. The second kappa shape index (κ2) is 5.61. The number of carbonyl (C=O) groups excluding carboxylic acids is 1. The number of nitrogens with zero attached hydrogens (tertiary/aromatic N) is 1. The van der Waals surface area contributed by atoms with Crippen molar-refractivity contribution in [2.45, 2.75) is 6.92 Å². The SMILES string of the molecule is CCN(c1cccc(F)c1)c1cc(N)ccc1C(N)=O. The molecule has 0 heterocycles. The Balaban J connectivity index is 2.57. The molecular formula is C15H16FN3O. The molecule has 4 nitrogen and oxygen atoms in total. The molecule has 4 N–H and O–H groups in total. The van der Waals surface area contributed by atoms with Gasteiger partial charge in [-0.3, -0.25) is 4.79 Å². The highest BCUT2D eigenvalue weighted by Gasteiger charge is 2.16. The van der Waals surface area contributed by atoms with Crippen molar-refractivity contribution in [3.8, 4) is 0 Å². The quantitative estimate of drug-likeness (QED) is 0.841. The third-order valence-electron chi connectivity index (χ3n) is 3.01. The Bertz CT molecular complexity index is 643. The van der Waals surface area contributed by atoms with Crippen molar-refractivity contribution >= 4 is 23.0 Å². The second-order valence-corrected chi connectivity index (χ2v) is 4.36. The van der Waals surface area contributed by atoms with Crippen LogP contribution in [-0.2, 0) is 0 Å². The minimum atomic E-state index is -0.546. The lowest BCUT2D eigenvalue weighted by atomic mass is 10.1. The lowest BCUT2D eigenvalue weighted by Gasteiger charge is -2.25. The number of rotatable bonds is 4. The van der Waals surface area contributed by atoms with Crippen molar-refractivity contribution in [3.63, 3.8) is 0 Å². The van der Waals surface area contributed by atoms with Gasteiger partial charge in [-0.2, -0.15) is 0 Å². The van der Waals surface area contributed by atoms with Crippen molar-refractivity contribution in [1.29, 1.82) is 0 Å². The molecule has 2 rings (SSSR count). The maximum absolute atomic E-state index is 13.4. The van der Waals surface area contributed by atoms with E-state index in [4.69, 9.17) is 11.5 Å². The second-order valence-electron chi connectivity index (χ2n) is 4.36. The Morgan fingerprint density at radius 1 is 1.25 bits per heavy atom. The van der Waals surface area contributed by atoms with Gasteiger partial charge in [-0.15, -0.1) is 0 Å². The predicted molar refractivity (Wildman–Crippen MR) is 78.5 cm³/mol. The van der Waals surface area contributed by atoms with E-state index in [1.54, 1.807) is 35.2 Å². The number of nitrogen functional groups attached to an aromatic ring is 1. The molecule has 0 bridgehead atoms. The summed E-state index contributed by atoms with van der Waals surface area (Å²) in [5, 5.41) is 0. The molecule has 0 saturated carbocycles. The average Bonchev–Trinajstić information content (AvgIpc) is 2.39. The highest BCUT2D eigenvalue weighted by atomic mass is 19.1. The van der Waals surface area contributed by atoms with Crippen LogP contribution in [0.2, 0.25) is 0 Å². The number of benzene rings is 2. The van der Waals surface area contributed by atoms with Gasteiger partial charge in [0.2, 0.25) is 0 Å². The molecule has 104 valence electrons. The van der Waals surface area contributed by atoms with E-state index in [0.717, 1.165) is 0 Å². The van der Waals surface area contributed by atoms with Gasteiger partial charge in [0.25, 0.3) is 5.91 Å². The van der Waals surface area contributed by atoms with Crippen LogP contribution in [0, 0.1) is 5.82 Å². The third kappa shape index (κ3) is 2.71. The zero-order valence-corrected chi connectivity index (χ0v) is 11.1. The van der Waals surface area contributed by atoms with E-state index in [1.165, 1.54) is 12.1 Å². The molecule has 0 aliphatic heterocycles. The summed E-state index contributed by atoms with van der Waals surface area (Å²) in [6.07, 6.45) is 0. The summed E-state index contributed by atoms with van der Waals surface area (Å²) in [5.74, 6) is -0.889. The molecular weight excluding hydrogens is 257 g/mol. The number of halogens is 1. The fourth-order valence-corrected chi connectivity index (χ4v) is 2.12. The molecule has 0 radical (unpaired) electrons. The fourth-order valence-electron chi connectivity index (χ4n) is 2.12. The van der Waals surface area contributed by atoms with E-state index in [-0.39, 0.29) is 5.82 Å². The van der Waals surface area contributed by atoms with Crippen LogP contribution in [0.3, 0.4) is 0 Å². The van der Waals surface area contributed by atoms with Gasteiger partial charge in [0.15, 0.2) is 0 Å². The van der Waals surface area contributed by atoms with Crippen molar-refractivity contribution in [2.24, 2.45) is 5.73 Å². The summed E-state index contributed by atoms with van der Waals surface area (Å²) < 4.78 is 13.4. The maximum atomic E-state index is 13.4. The van der Waals surface area contributed by atoms with Gasteiger partial charge in [0, 0.05) is 17.9 Å². The van der Waals surface area contributed by atoms with Crippen LogP contribution in [-0.4, -0.2) is 12.5 Å². The minimum absolute atomic E-state index is 0.342. The Morgan fingerprint density at radius 3 is 2.60 bits per heavy atom. The summed E-state index contributed by atoms with van der Waals surface area (Å²) in [5.41, 5.74) is 13.2. The summed E-state index contributed by atoms with van der Waals surface area (Å²) in [6.45, 7) is 2.45. The van der Waals surface area contributed by atoms with Gasteiger partial charge in [0.1, 0.15) is 5.82 Å². The van der Waals surface area contributed by atoms with Crippen molar-refractivity contribution < 1.29 is 9.18 Å². The number of amides is 1. The zero-order chi connectivity index (χ0) is 14.7. The van der Waals surface area contributed by atoms with Crippen molar-refractivity contribution in [1.82, 2.24) is 0 Å². The Morgan fingerprint density at radius 2 is 2.00 bits per heavy atom. The molecule has 20 heavy (non-hydrogen) atoms. The molecule has 0 aliphatic rings. The first kappa shape index (κ1) is 13.9. The van der Waals surface area contributed by atoms with Gasteiger partial charge in [0.05, 0.1) is 11.3 Å². The molecule has 0 fully saturated rings. The average molecular weight is 273 g/mol. The first-order valence-electron chi connectivity index (χ1n) is 6.25. The molecule has 0 aromatic heterocycles. The van der Waals surface area contributed by atoms with Gasteiger partial charge >= 0.3 is 0 Å². The van der Waals surface area contributed by atoms with E-state index < -0.39 is 5.91 Å². The van der Waals surface area contributed by atoms with E-state index in [1.807, 2.05) is 6.92 Å². The largest absolute Gasteiger partial charge is 0.399 e. The van der Waals surface area contributed by atoms with Gasteiger partial charge < -0.3 is 16.4 Å². The lowest BCUT2D eigenvalue weighted by molar-refractivity contribution is 0.100. The number of hydrogen-bond acceptors (Lipinski definition) is 3. The van der Waals surface area contributed by atoms with E-state index in [9.17, 15) is 9.18 Å². The maximum Gasteiger partial charge on any atom is 0.250 e. The molecule has 0 unspecified atom stereocenters. The van der Waals surface area contributed by atoms with E-state index >= 15 is 0 Å². The zero-order valence-electron chi connectivity index (χ0n) is 11.1. The Hall–Kier alpha value is -2.56. The third-order valence-corrected chi connectivity index (χ3v) is 3.01. The lowest BCUT2D eigenvalue weighted by Crippen LogP contribution is -2.22. The standard InChI is InChI=1S/C15H16FN3O/c1-2-19(12-5-3-4-10(16)8-12)14-9-11(17)6-7-13(14)15(18)20/h3-9H,2,17H2,1H3,(H2,18,20). The molecule has 0 aliphatic carbocycles. The number of anilines is 3. The van der Waals surface area contributed by atoms with E-state index in [2.05, 4.69) is 0 Å².